The second kappa shape index (κ2) is 6.55. The third kappa shape index (κ3) is 3.83. The number of aryl methyl sites for hydroxylation is 2. The van der Waals surface area contributed by atoms with Crippen LogP contribution in [-0.4, -0.2) is 29.8 Å². The molecule has 0 unspecified atom stereocenters. The topological polar surface area (TPSA) is 49.4 Å². The van der Waals surface area contributed by atoms with E-state index < -0.39 is 0 Å². The van der Waals surface area contributed by atoms with E-state index in [0.717, 1.165) is 30.5 Å². The van der Waals surface area contributed by atoms with Crippen molar-refractivity contribution in [3.63, 3.8) is 0 Å². The average molecular weight is 274 g/mol. The molecular formula is C16H22N2O2. The van der Waals surface area contributed by atoms with Gasteiger partial charge in [-0.25, -0.2) is 0 Å². The highest BCUT2D eigenvalue weighted by Gasteiger charge is 2.19. The molecule has 0 spiro atoms. The Bertz CT molecular complexity index is 511. The normalized spacial score (nSPS) is 15.9. The SMILES string of the molecule is Cc1ccc(NC(=O)CN2CCCCCC2=O)cc1C. The van der Waals surface area contributed by atoms with Crippen molar-refractivity contribution in [1.29, 1.82) is 0 Å². The lowest BCUT2D eigenvalue weighted by Gasteiger charge is -2.19. The zero-order valence-electron chi connectivity index (χ0n) is 12.2. The molecular weight excluding hydrogens is 252 g/mol. The fourth-order valence-electron chi connectivity index (χ4n) is 2.40. The molecule has 1 N–H and O–H groups in total. The molecule has 0 aromatic heterocycles. The number of nitrogens with zero attached hydrogens (tertiary/aromatic N) is 1. The monoisotopic (exact) mass is 274 g/mol. The summed E-state index contributed by atoms with van der Waals surface area (Å²) in [6.45, 7) is 4.91. The van der Waals surface area contributed by atoms with Gasteiger partial charge in [0.05, 0.1) is 6.54 Å². The summed E-state index contributed by atoms with van der Waals surface area (Å²) in [5.74, 6) is -0.0266. The van der Waals surface area contributed by atoms with Gasteiger partial charge in [0, 0.05) is 18.7 Å². The van der Waals surface area contributed by atoms with Crippen molar-refractivity contribution in [3.8, 4) is 0 Å². The van der Waals surface area contributed by atoms with Crippen LogP contribution in [0.5, 0.6) is 0 Å². The van der Waals surface area contributed by atoms with E-state index in [4.69, 9.17) is 0 Å². The van der Waals surface area contributed by atoms with E-state index in [1.165, 1.54) is 5.56 Å². The van der Waals surface area contributed by atoms with E-state index in [2.05, 4.69) is 5.32 Å². The maximum atomic E-state index is 12.0. The Balaban J connectivity index is 1.94. The van der Waals surface area contributed by atoms with Crippen LogP contribution in [-0.2, 0) is 9.59 Å². The molecule has 0 saturated carbocycles. The summed E-state index contributed by atoms with van der Waals surface area (Å²) in [6, 6.07) is 5.84. The van der Waals surface area contributed by atoms with Crippen LogP contribution in [0.2, 0.25) is 0 Å². The van der Waals surface area contributed by atoms with Crippen LogP contribution >= 0.6 is 0 Å². The van der Waals surface area contributed by atoms with Crippen molar-refractivity contribution in [2.24, 2.45) is 0 Å². The smallest absolute Gasteiger partial charge is 0.243 e. The number of nitrogens with one attached hydrogen (secondary N) is 1. The average Bonchev–Trinajstić information content (AvgIpc) is 2.59. The minimum atomic E-state index is -0.122. The summed E-state index contributed by atoms with van der Waals surface area (Å²) in [7, 11) is 0. The first-order valence-electron chi connectivity index (χ1n) is 7.21. The van der Waals surface area contributed by atoms with E-state index in [-0.39, 0.29) is 18.4 Å². The molecule has 4 nitrogen and oxygen atoms in total. The van der Waals surface area contributed by atoms with Crippen LogP contribution < -0.4 is 5.32 Å². The summed E-state index contributed by atoms with van der Waals surface area (Å²) in [5.41, 5.74) is 3.14. The number of carbonyl (C=O) groups is 2. The Morgan fingerprint density at radius 1 is 1.20 bits per heavy atom. The zero-order chi connectivity index (χ0) is 14.5. The molecule has 1 aliphatic heterocycles. The van der Waals surface area contributed by atoms with Crippen molar-refractivity contribution >= 4 is 17.5 Å². The number of amides is 2. The van der Waals surface area contributed by atoms with Crippen LogP contribution in [0.1, 0.15) is 36.8 Å². The minimum absolute atomic E-state index is 0.0951. The van der Waals surface area contributed by atoms with E-state index in [1.54, 1.807) is 4.90 Å². The van der Waals surface area contributed by atoms with Gasteiger partial charge < -0.3 is 10.2 Å². The fraction of sp³-hybridized carbons (Fsp3) is 0.500. The summed E-state index contributed by atoms with van der Waals surface area (Å²) in [4.78, 5) is 25.5. The number of anilines is 1. The highest BCUT2D eigenvalue weighted by atomic mass is 16.2. The third-order valence-electron chi connectivity index (χ3n) is 3.80. The molecule has 0 bridgehead atoms. The van der Waals surface area contributed by atoms with Gasteiger partial charge in [-0.05, 0) is 49.9 Å². The lowest BCUT2D eigenvalue weighted by atomic mass is 10.1. The number of rotatable bonds is 3. The second-order valence-electron chi connectivity index (χ2n) is 5.47. The number of carbonyl (C=O) groups excluding carboxylic acids is 2. The molecule has 20 heavy (non-hydrogen) atoms. The summed E-state index contributed by atoms with van der Waals surface area (Å²) in [5, 5.41) is 2.87. The highest BCUT2D eigenvalue weighted by molar-refractivity contribution is 5.94. The van der Waals surface area contributed by atoms with Gasteiger partial charge in [0.25, 0.3) is 0 Å². The van der Waals surface area contributed by atoms with Gasteiger partial charge in [-0.2, -0.15) is 0 Å². The van der Waals surface area contributed by atoms with E-state index in [1.807, 2.05) is 32.0 Å². The molecule has 2 amide bonds. The largest absolute Gasteiger partial charge is 0.333 e. The second-order valence-corrected chi connectivity index (χ2v) is 5.47. The molecule has 0 radical (unpaired) electrons. The molecule has 0 atom stereocenters. The minimum Gasteiger partial charge on any atom is -0.333 e. The Hall–Kier alpha value is -1.84. The number of hydrogen-bond donors (Lipinski definition) is 1. The lowest BCUT2D eigenvalue weighted by molar-refractivity contribution is -0.134. The molecule has 108 valence electrons. The number of benzene rings is 1. The van der Waals surface area contributed by atoms with Crippen molar-refractivity contribution in [3.05, 3.63) is 29.3 Å². The summed E-state index contributed by atoms with van der Waals surface area (Å²) >= 11 is 0. The predicted octanol–water partition coefficient (Wildman–Crippen LogP) is 2.64. The number of hydrogen-bond acceptors (Lipinski definition) is 2. The quantitative estimate of drug-likeness (QED) is 0.921. The van der Waals surface area contributed by atoms with Gasteiger partial charge in [0.1, 0.15) is 0 Å². The Labute approximate surface area is 120 Å². The van der Waals surface area contributed by atoms with Gasteiger partial charge in [-0.15, -0.1) is 0 Å². The third-order valence-corrected chi connectivity index (χ3v) is 3.80. The first kappa shape index (κ1) is 14.6. The number of likely N-dealkylation sites (tertiary alicyclic amines) is 1. The molecule has 1 heterocycles. The molecule has 1 aliphatic rings. The van der Waals surface area contributed by atoms with Crippen LogP contribution in [0.3, 0.4) is 0 Å². The van der Waals surface area contributed by atoms with E-state index in [9.17, 15) is 9.59 Å². The highest BCUT2D eigenvalue weighted by Crippen LogP contribution is 2.15. The Kier molecular flexibility index (Phi) is 4.77. The van der Waals surface area contributed by atoms with Crippen molar-refractivity contribution < 1.29 is 9.59 Å². The lowest BCUT2D eigenvalue weighted by Crippen LogP contribution is -2.37. The maximum absolute atomic E-state index is 12.0. The van der Waals surface area contributed by atoms with Crippen molar-refractivity contribution in [2.45, 2.75) is 39.5 Å². The van der Waals surface area contributed by atoms with Crippen LogP contribution in [0.25, 0.3) is 0 Å². The van der Waals surface area contributed by atoms with E-state index >= 15 is 0 Å². The molecule has 2 rings (SSSR count). The van der Waals surface area contributed by atoms with Gasteiger partial charge >= 0.3 is 0 Å². The summed E-state index contributed by atoms with van der Waals surface area (Å²) in [6.07, 6.45) is 3.56. The Morgan fingerprint density at radius 2 is 2.00 bits per heavy atom. The molecule has 1 aromatic carbocycles. The predicted molar refractivity (Wildman–Crippen MR) is 79.6 cm³/mol. The van der Waals surface area contributed by atoms with Crippen LogP contribution in [0.4, 0.5) is 5.69 Å². The van der Waals surface area contributed by atoms with Gasteiger partial charge in [-0.3, -0.25) is 9.59 Å². The summed E-state index contributed by atoms with van der Waals surface area (Å²) < 4.78 is 0. The maximum Gasteiger partial charge on any atom is 0.243 e. The molecule has 1 fully saturated rings. The van der Waals surface area contributed by atoms with Crippen LogP contribution in [0, 0.1) is 13.8 Å². The van der Waals surface area contributed by atoms with Gasteiger partial charge in [-0.1, -0.05) is 12.5 Å². The molecule has 0 aliphatic carbocycles. The first-order chi connectivity index (χ1) is 9.56. The van der Waals surface area contributed by atoms with Gasteiger partial charge in [0.2, 0.25) is 11.8 Å². The fourth-order valence-corrected chi connectivity index (χ4v) is 2.40. The standard InChI is InChI=1S/C16H22N2O2/c1-12-7-8-14(10-13(12)2)17-15(19)11-18-9-5-3-4-6-16(18)20/h7-8,10H,3-6,9,11H2,1-2H3,(H,17,19). The van der Waals surface area contributed by atoms with Crippen molar-refractivity contribution in [1.82, 2.24) is 4.90 Å². The first-order valence-corrected chi connectivity index (χ1v) is 7.21. The zero-order valence-corrected chi connectivity index (χ0v) is 12.2. The Morgan fingerprint density at radius 3 is 2.75 bits per heavy atom. The van der Waals surface area contributed by atoms with Gasteiger partial charge in [0.15, 0.2) is 0 Å². The molecule has 1 aromatic rings. The molecule has 1 saturated heterocycles. The van der Waals surface area contributed by atoms with Crippen LogP contribution in [0.15, 0.2) is 18.2 Å². The molecule has 4 heteroatoms. The van der Waals surface area contributed by atoms with E-state index in [0.29, 0.717) is 13.0 Å². The van der Waals surface area contributed by atoms with Crippen molar-refractivity contribution in [2.75, 3.05) is 18.4 Å².